The van der Waals surface area contributed by atoms with E-state index in [0.29, 0.717) is 13.2 Å². The van der Waals surface area contributed by atoms with Gasteiger partial charge in [-0.3, -0.25) is 0 Å². The van der Waals surface area contributed by atoms with Crippen LogP contribution in [0, 0.1) is 0 Å². The average Bonchev–Trinajstić information content (AvgIpc) is 2.96. The lowest BCUT2D eigenvalue weighted by atomic mass is 10.1. The van der Waals surface area contributed by atoms with E-state index in [1.807, 2.05) is 17.4 Å². The van der Waals surface area contributed by atoms with E-state index in [9.17, 15) is 0 Å². The fourth-order valence-corrected chi connectivity index (χ4v) is 3.40. The maximum absolute atomic E-state index is 8.69. The van der Waals surface area contributed by atoms with Crippen molar-refractivity contribution in [2.24, 2.45) is 0 Å². The van der Waals surface area contributed by atoms with Gasteiger partial charge in [0.05, 0.1) is 19.8 Å². The van der Waals surface area contributed by atoms with Crippen molar-refractivity contribution < 1.29 is 9.84 Å². The highest BCUT2D eigenvalue weighted by atomic mass is 32.1. The summed E-state index contributed by atoms with van der Waals surface area (Å²) in [6.07, 6.45) is 0.881. The lowest BCUT2D eigenvalue weighted by Crippen LogP contribution is -2.02. The van der Waals surface area contributed by atoms with Crippen molar-refractivity contribution in [1.29, 1.82) is 0 Å². The number of benzene rings is 2. The summed E-state index contributed by atoms with van der Waals surface area (Å²) in [4.78, 5) is 1.30. The highest BCUT2D eigenvalue weighted by Gasteiger charge is 2.05. The normalized spacial score (nSPS) is 11.1. The maximum Gasteiger partial charge on any atom is 0.0697 e. The van der Waals surface area contributed by atoms with Crippen molar-refractivity contribution in [1.82, 2.24) is 0 Å². The van der Waals surface area contributed by atoms with Crippen molar-refractivity contribution in [2.45, 2.75) is 6.42 Å². The van der Waals surface area contributed by atoms with Gasteiger partial charge in [-0.1, -0.05) is 42.5 Å². The summed E-state index contributed by atoms with van der Waals surface area (Å²) >= 11 is 1.83. The minimum absolute atomic E-state index is 0.0873. The van der Waals surface area contributed by atoms with Crippen LogP contribution in [-0.2, 0) is 11.2 Å². The number of aliphatic hydroxyl groups is 1. The molecular formula is C18H18O2S. The Bertz CT molecular complexity index is 704. The Morgan fingerprint density at radius 3 is 2.62 bits per heavy atom. The van der Waals surface area contributed by atoms with Gasteiger partial charge < -0.3 is 9.84 Å². The zero-order valence-electron chi connectivity index (χ0n) is 11.8. The van der Waals surface area contributed by atoms with E-state index < -0.39 is 0 Å². The molecule has 0 spiro atoms. The van der Waals surface area contributed by atoms with Gasteiger partial charge in [-0.2, -0.15) is 0 Å². The smallest absolute Gasteiger partial charge is 0.0697 e. The van der Waals surface area contributed by atoms with Crippen LogP contribution in [0.3, 0.4) is 0 Å². The third-order valence-corrected chi connectivity index (χ3v) is 4.57. The molecule has 0 atom stereocenters. The predicted octanol–water partition coefficient (Wildman–Crippen LogP) is 4.12. The van der Waals surface area contributed by atoms with Crippen molar-refractivity contribution >= 4 is 21.4 Å². The van der Waals surface area contributed by atoms with Gasteiger partial charge in [-0.05, 0) is 35.1 Å². The molecule has 0 saturated carbocycles. The molecule has 0 aliphatic carbocycles. The Hall–Kier alpha value is -1.68. The molecule has 0 radical (unpaired) electrons. The van der Waals surface area contributed by atoms with E-state index in [0.717, 1.165) is 6.42 Å². The molecule has 3 aromatic rings. The number of hydrogen-bond donors (Lipinski definition) is 1. The topological polar surface area (TPSA) is 29.5 Å². The molecule has 0 bridgehead atoms. The minimum Gasteiger partial charge on any atom is -0.394 e. The summed E-state index contributed by atoms with van der Waals surface area (Å²) in [5, 5.41) is 9.98. The Kier molecular flexibility index (Phi) is 4.65. The first kappa shape index (κ1) is 14.3. The molecule has 0 unspecified atom stereocenters. The summed E-state index contributed by atoms with van der Waals surface area (Å²) < 4.78 is 6.64. The Morgan fingerprint density at radius 2 is 1.81 bits per heavy atom. The van der Waals surface area contributed by atoms with Gasteiger partial charge in [-0.25, -0.2) is 0 Å². The Balaban J connectivity index is 1.79. The van der Waals surface area contributed by atoms with Crippen LogP contribution >= 0.6 is 11.3 Å². The van der Waals surface area contributed by atoms with Crippen LogP contribution in [0.5, 0.6) is 0 Å². The molecule has 3 rings (SSSR count). The lowest BCUT2D eigenvalue weighted by Gasteiger charge is -2.02. The molecular weight excluding hydrogens is 280 g/mol. The van der Waals surface area contributed by atoms with E-state index in [2.05, 4.69) is 48.5 Å². The first-order valence-corrected chi connectivity index (χ1v) is 7.95. The second-order valence-electron chi connectivity index (χ2n) is 4.93. The fraction of sp³-hybridized carbons (Fsp3) is 0.222. The second kappa shape index (κ2) is 6.85. The first-order valence-electron chi connectivity index (χ1n) is 7.13. The highest BCUT2D eigenvalue weighted by molar-refractivity contribution is 7.22. The summed E-state index contributed by atoms with van der Waals surface area (Å²) in [7, 11) is 0. The number of ether oxygens (including phenoxy) is 1. The lowest BCUT2D eigenvalue weighted by molar-refractivity contribution is 0.0944. The quantitative estimate of drug-likeness (QED) is 0.694. The highest BCUT2D eigenvalue weighted by Crippen LogP contribution is 2.33. The van der Waals surface area contributed by atoms with E-state index in [4.69, 9.17) is 9.84 Å². The monoisotopic (exact) mass is 298 g/mol. The maximum atomic E-state index is 8.69. The van der Waals surface area contributed by atoms with E-state index >= 15 is 0 Å². The molecule has 108 valence electrons. The van der Waals surface area contributed by atoms with Crippen molar-refractivity contribution in [3.8, 4) is 10.4 Å². The van der Waals surface area contributed by atoms with Gasteiger partial charge in [0, 0.05) is 9.58 Å². The third-order valence-electron chi connectivity index (χ3n) is 3.41. The summed E-state index contributed by atoms with van der Waals surface area (Å²) in [5.41, 5.74) is 2.55. The number of aliphatic hydroxyl groups excluding tert-OH is 1. The van der Waals surface area contributed by atoms with Gasteiger partial charge in [0.15, 0.2) is 0 Å². The molecule has 1 heterocycles. The fourth-order valence-electron chi connectivity index (χ4n) is 2.35. The van der Waals surface area contributed by atoms with Crippen LogP contribution in [0.25, 0.3) is 20.5 Å². The van der Waals surface area contributed by atoms with Gasteiger partial charge in [0.1, 0.15) is 0 Å². The predicted molar refractivity (Wildman–Crippen MR) is 88.9 cm³/mol. The Morgan fingerprint density at radius 1 is 0.952 bits per heavy atom. The van der Waals surface area contributed by atoms with Gasteiger partial charge >= 0.3 is 0 Å². The van der Waals surface area contributed by atoms with Crippen LogP contribution in [0.15, 0.2) is 54.6 Å². The van der Waals surface area contributed by atoms with Gasteiger partial charge in [0.25, 0.3) is 0 Å². The van der Waals surface area contributed by atoms with E-state index in [1.165, 1.54) is 26.1 Å². The molecule has 2 aromatic carbocycles. The molecule has 0 aliphatic heterocycles. The minimum atomic E-state index is 0.0873. The zero-order valence-corrected chi connectivity index (χ0v) is 12.6. The van der Waals surface area contributed by atoms with Crippen LogP contribution in [-0.4, -0.2) is 24.9 Å². The number of hydrogen-bond acceptors (Lipinski definition) is 3. The number of fused-ring (bicyclic) bond motifs is 1. The molecule has 0 aliphatic rings. The molecule has 0 amide bonds. The summed E-state index contributed by atoms with van der Waals surface area (Å²) in [6.45, 7) is 1.16. The third kappa shape index (κ3) is 3.50. The summed E-state index contributed by atoms with van der Waals surface area (Å²) in [6, 6.07) is 19.3. The first-order chi connectivity index (χ1) is 10.4. The molecule has 0 fully saturated rings. The van der Waals surface area contributed by atoms with Gasteiger partial charge in [0.2, 0.25) is 0 Å². The van der Waals surface area contributed by atoms with Crippen molar-refractivity contribution in [3.05, 3.63) is 60.2 Å². The Labute approximate surface area is 128 Å². The van der Waals surface area contributed by atoms with Crippen molar-refractivity contribution in [2.75, 3.05) is 19.8 Å². The largest absolute Gasteiger partial charge is 0.394 e. The average molecular weight is 298 g/mol. The molecule has 3 heteroatoms. The zero-order chi connectivity index (χ0) is 14.5. The number of thiophene rings is 1. The SMILES string of the molecule is OCCOCCc1ccc2sc(-c3ccccc3)cc2c1. The number of rotatable bonds is 6. The van der Waals surface area contributed by atoms with Crippen LogP contribution in [0.2, 0.25) is 0 Å². The second-order valence-corrected chi connectivity index (χ2v) is 6.02. The summed E-state index contributed by atoms with van der Waals surface area (Å²) in [5.74, 6) is 0. The molecule has 1 N–H and O–H groups in total. The van der Waals surface area contributed by atoms with E-state index in [1.54, 1.807) is 0 Å². The van der Waals surface area contributed by atoms with E-state index in [-0.39, 0.29) is 6.61 Å². The molecule has 1 aromatic heterocycles. The van der Waals surface area contributed by atoms with Crippen molar-refractivity contribution in [3.63, 3.8) is 0 Å². The van der Waals surface area contributed by atoms with Crippen LogP contribution in [0.4, 0.5) is 0 Å². The molecule has 21 heavy (non-hydrogen) atoms. The standard InChI is InChI=1S/C18H18O2S/c19-9-11-20-10-8-14-6-7-17-16(12-14)13-18(21-17)15-4-2-1-3-5-15/h1-7,12-13,19H,8-11H2. The molecule has 0 saturated heterocycles. The van der Waals surface area contributed by atoms with Gasteiger partial charge in [-0.15, -0.1) is 11.3 Å². The van der Waals surface area contributed by atoms with Crippen LogP contribution in [0.1, 0.15) is 5.56 Å². The molecule has 2 nitrogen and oxygen atoms in total. The van der Waals surface area contributed by atoms with Crippen LogP contribution < -0.4 is 0 Å².